The molecule has 0 atom stereocenters. The number of nitrogens with one attached hydrogen (secondary N) is 2. The number of ether oxygens (including phenoxy) is 1. The average Bonchev–Trinajstić information content (AvgIpc) is 2.41. The van der Waals surface area contributed by atoms with Gasteiger partial charge in [0.2, 0.25) is 0 Å². The normalized spacial score (nSPS) is 11.3. The summed E-state index contributed by atoms with van der Waals surface area (Å²) in [4.78, 5) is 11.6. The fourth-order valence-electron chi connectivity index (χ4n) is 1.99. The van der Waals surface area contributed by atoms with Crippen LogP contribution in [0.4, 0.5) is 10.5 Å². The van der Waals surface area contributed by atoms with Crippen LogP contribution in [-0.4, -0.2) is 17.7 Å². The summed E-state index contributed by atoms with van der Waals surface area (Å²) in [6.07, 6.45) is 1.80. The van der Waals surface area contributed by atoms with Gasteiger partial charge in [0.25, 0.3) is 0 Å². The summed E-state index contributed by atoms with van der Waals surface area (Å²) in [5.41, 5.74) is 1.67. The maximum absolute atomic E-state index is 11.6. The van der Waals surface area contributed by atoms with E-state index in [0.717, 1.165) is 24.1 Å². The molecule has 1 amide bonds. The Morgan fingerprint density at radius 1 is 1.24 bits per heavy atom. The molecular formula is C17H28N2O2. The molecule has 118 valence electrons. The van der Waals surface area contributed by atoms with E-state index in [1.807, 2.05) is 32.9 Å². The quantitative estimate of drug-likeness (QED) is 0.821. The van der Waals surface area contributed by atoms with Crippen LogP contribution in [0, 0.1) is 0 Å². The fourth-order valence-corrected chi connectivity index (χ4v) is 1.99. The van der Waals surface area contributed by atoms with Gasteiger partial charge in [-0.3, -0.25) is 0 Å². The zero-order valence-electron chi connectivity index (χ0n) is 13.8. The maximum Gasteiger partial charge on any atom is 0.407 e. The number of alkyl carbamates (subject to hydrolysis) is 1. The number of amides is 1. The number of hydrogen-bond acceptors (Lipinski definition) is 3. The lowest BCUT2D eigenvalue weighted by atomic mass is 10.1. The van der Waals surface area contributed by atoms with Gasteiger partial charge >= 0.3 is 6.09 Å². The van der Waals surface area contributed by atoms with Crippen molar-refractivity contribution in [3.8, 4) is 0 Å². The molecule has 0 aliphatic heterocycles. The van der Waals surface area contributed by atoms with E-state index in [1.165, 1.54) is 0 Å². The third kappa shape index (κ3) is 7.02. The Kier molecular flexibility index (Phi) is 6.53. The molecule has 0 bridgehead atoms. The molecule has 1 aromatic carbocycles. The van der Waals surface area contributed by atoms with Crippen LogP contribution in [0.3, 0.4) is 0 Å². The van der Waals surface area contributed by atoms with Crippen molar-refractivity contribution in [1.29, 1.82) is 0 Å². The van der Waals surface area contributed by atoms with Crippen molar-refractivity contribution < 1.29 is 9.53 Å². The largest absolute Gasteiger partial charge is 0.444 e. The molecule has 4 nitrogen and oxygen atoms in total. The summed E-state index contributed by atoms with van der Waals surface area (Å²) in [5, 5.41) is 6.28. The predicted octanol–water partition coefficient (Wildman–Crippen LogP) is 4.31. The van der Waals surface area contributed by atoms with Crippen LogP contribution in [0.2, 0.25) is 0 Å². The molecule has 2 N–H and O–H groups in total. The van der Waals surface area contributed by atoms with Crippen molar-refractivity contribution >= 4 is 11.8 Å². The molecule has 0 saturated carbocycles. The summed E-state index contributed by atoms with van der Waals surface area (Å²) in [7, 11) is 0. The smallest absolute Gasteiger partial charge is 0.407 e. The molecule has 1 rings (SSSR count). The van der Waals surface area contributed by atoms with Crippen LogP contribution >= 0.6 is 0 Å². The van der Waals surface area contributed by atoms with Crippen molar-refractivity contribution in [1.82, 2.24) is 5.32 Å². The minimum absolute atomic E-state index is 0.388. The molecule has 1 aromatic rings. The SMILES string of the molecule is CCC(CC)Nc1cccc(CNC(=O)OC(C)(C)C)c1. The van der Waals surface area contributed by atoms with Gasteiger partial charge in [-0.15, -0.1) is 0 Å². The number of carbonyl (C=O) groups excluding carboxylic acids is 1. The number of anilines is 1. The van der Waals surface area contributed by atoms with Crippen LogP contribution in [0.25, 0.3) is 0 Å². The van der Waals surface area contributed by atoms with Crippen LogP contribution in [0.5, 0.6) is 0 Å². The zero-order chi connectivity index (χ0) is 15.9. The van der Waals surface area contributed by atoms with Crippen molar-refractivity contribution in [2.45, 2.75) is 65.6 Å². The fraction of sp³-hybridized carbons (Fsp3) is 0.588. The summed E-state index contributed by atoms with van der Waals surface area (Å²) in [6, 6.07) is 8.59. The van der Waals surface area contributed by atoms with E-state index in [-0.39, 0.29) is 6.09 Å². The monoisotopic (exact) mass is 292 g/mol. The minimum Gasteiger partial charge on any atom is -0.444 e. The van der Waals surface area contributed by atoms with Gasteiger partial charge in [-0.1, -0.05) is 26.0 Å². The molecule has 0 unspecified atom stereocenters. The van der Waals surface area contributed by atoms with Crippen molar-refractivity contribution in [3.63, 3.8) is 0 Å². The van der Waals surface area contributed by atoms with Crippen LogP contribution in [-0.2, 0) is 11.3 Å². The average molecular weight is 292 g/mol. The highest BCUT2D eigenvalue weighted by atomic mass is 16.6. The Bertz CT molecular complexity index is 448. The first-order valence-corrected chi connectivity index (χ1v) is 7.66. The molecule has 21 heavy (non-hydrogen) atoms. The van der Waals surface area contributed by atoms with E-state index in [1.54, 1.807) is 0 Å². The summed E-state index contributed by atoms with van der Waals surface area (Å²) in [6.45, 7) is 10.4. The van der Waals surface area contributed by atoms with Gasteiger partial charge in [0.1, 0.15) is 5.60 Å². The molecular weight excluding hydrogens is 264 g/mol. The van der Waals surface area contributed by atoms with Crippen LogP contribution < -0.4 is 10.6 Å². The Morgan fingerprint density at radius 3 is 2.48 bits per heavy atom. The van der Waals surface area contributed by atoms with Gasteiger partial charge in [-0.2, -0.15) is 0 Å². The number of benzene rings is 1. The van der Waals surface area contributed by atoms with Gasteiger partial charge < -0.3 is 15.4 Å². The summed E-state index contributed by atoms with van der Waals surface area (Å²) < 4.78 is 5.22. The summed E-state index contributed by atoms with van der Waals surface area (Å²) >= 11 is 0. The highest BCUT2D eigenvalue weighted by Crippen LogP contribution is 2.14. The molecule has 0 fully saturated rings. The predicted molar refractivity (Wildman–Crippen MR) is 87.5 cm³/mol. The highest BCUT2D eigenvalue weighted by molar-refractivity contribution is 5.67. The molecule has 0 heterocycles. The van der Waals surface area contributed by atoms with Crippen molar-refractivity contribution in [2.24, 2.45) is 0 Å². The maximum atomic E-state index is 11.6. The van der Waals surface area contributed by atoms with E-state index < -0.39 is 5.60 Å². The minimum atomic E-state index is -0.469. The first kappa shape index (κ1) is 17.3. The molecule has 0 spiro atoms. The van der Waals surface area contributed by atoms with Crippen molar-refractivity contribution in [2.75, 3.05) is 5.32 Å². The Morgan fingerprint density at radius 2 is 1.90 bits per heavy atom. The Hall–Kier alpha value is -1.71. The Labute approximate surface area is 128 Å². The second-order valence-electron chi connectivity index (χ2n) is 6.21. The number of hydrogen-bond donors (Lipinski definition) is 2. The van der Waals surface area contributed by atoms with Crippen LogP contribution in [0.15, 0.2) is 24.3 Å². The summed E-state index contributed by atoms with van der Waals surface area (Å²) in [5.74, 6) is 0. The lowest BCUT2D eigenvalue weighted by molar-refractivity contribution is 0.0523. The molecule has 0 radical (unpaired) electrons. The lowest BCUT2D eigenvalue weighted by Crippen LogP contribution is -2.32. The zero-order valence-corrected chi connectivity index (χ0v) is 13.8. The standard InChI is InChI=1S/C17H28N2O2/c1-6-14(7-2)19-15-10-8-9-13(11-15)12-18-16(20)21-17(3,4)5/h8-11,14,19H,6-7,12H2,1-5H3,(H,18,20). The third-order valence-electron chi connectivity index (χ3n) is 3.12. The van der Waals surface area contributed by atoms with Crippen LogP contribution in [0.1, 0.15) is 53.0 Å². The number of carbonyl (C=O) groups is 1. The van der Waals surface area contributed by atoms with E-state index in [4.69, 9.17) is 4.74 Å². The van der Waals surface area contributed by atoms with Gasteiger partial charge in [-0.25, -0.2) is 4.79 Å². The molecule has 0 saturated heterocycles. The third-order valence-corrected chi connectivity index (χ3v) is 3.12. The second-order valence-corrected chi connectivity index (χ2v) is 6.21. The van der Waals surface area contributed by atoms with Gasteiger partial charge in [0.05, 0.1) is 0 Å². The number of rotatable bonds is 6. The first-order valence-electron chi connectivity index (χ1n) is 7.66. The van der Waals surface area contributed by atoms with E-state index in [9.17, 15) is 4.79 Å². The van der Waals surface area contributed by atoms with Gasteiger partial charge in [0, 0.05) is 18.3 Å². The molecule has 0 aromatic heterocycles. The molecule has 4 heteroatoms. The Balaban J connectivity index is 2.55. The van der Waals surface area contributed by atoms with Crippen molar-refractivity contribution in [3.05, 3.63) is 29.8 Å². The highest BCUT2D eigenvalue weighted by Gasteiger charge is 2.15. The second kappa shape index (κ2) is 7.91. The van der Waals surface area contributed by atoms with E-state index in [2.05, 4.69) is 36.6 Å². The van der Waals surface area contributed by atoms with E-state index >= 15 is 0 Å². The molecule has 0 aliphatic rings. The van der Waals surface area contributed by atoms with E-state index in [0.29, 0.717) is 12.6 Å². The lowest BCUT2D eigenvalue weighted by Gasteiger charge is -2.20. The van der Waals surface area contributed by atoms with Gasteiger partial charge in [-0.05, 0) is 51.3 Å². The topological polar surface area (TPSA) is 50.4 Å². The van der Waals surface area contributed by atoms with Gasteiger partial charge in [0.15, 0.2) is 0 Å². The first-order chi connectivity index (χ1) is 9.84. The molecule has 0 aliphatic carbocycles.